The van der Waals surface area contributed by atoms with Gasteiger partial charge in [0.15, 0.2) is 11.3 Å². The van der Waals surface area contributed by atoms with E-state index in [9.17, 15) is 9.59 Å². The molecule has 0 bridgehead atoms. The van der Waals surface area contributed by atoms with Crippen LogP contribution in [-0.2, 0) is 17.8 Å². The molecule has 0 unspecified atom stereocenters. The van der Waals surface area contributed by atoms with Crippen LogP contribution in [0.1, 0.15) is 16.7 Å². The molecule has 164 valence electrons. The van der Waals surface area contributed by atoms with Gasteiger partial charge in [-0.1, -0.05) is 12.1 Å². The minimum absolute atomic E-state index is 0.112. The van der Waals surface area contributed by atoms with Crippen LogP contribution in [-0.4, -0.2) is 34.9 Å². The van der Waals surface area contributed by atoms with E-state index in [1.54, 1.807) is 42.2 Å². The summed E-state index contributed by atoms with van der Waals surface area (Å²) in [5.41, 5.74) is 2.32. The maximum Gasteiger partial charge on any atom is 0.340 e. The molecule has 1 amide bonds. The summed E-state index contributed by atoms with van der Waals surface area (Å²) in [4.78, 5) is 29.2. The highest BCUT2D eigenvalue weighted by molar-refractivity contribution is 5.94. The topological polar surface area (TPSA) is 108 Å². The molecule has 0 saturated carbocycles. The minimum atomic E-state index is -0.583. The van der Waals surface area contributed by atoms with Crippen LogP contribution < -0.4 is 20.4 Å². The first kappa shape index (κ1) is 21.1. The molecule has 0 spiro atoms. The molecule has 4 rings (SSSR count). The molecule has 1 N–H and O–H groups in total. The van der Waals surface area contributed by atoms with E-state index in [2.05, 4.69) is 15.4 Å². The second-order valence-corrected chi connectivity index (χ2v) is 7.19. The predicted octanol–water partition coefficient (Wildman–Crippen LogP) is 2.94. The Morgan fingerprint density at radius 2 is 1.91 bits per heavy atom. The third-order valence-electron chi connectivity index (χ3n) is 5.18. The highest BCUT2D eigenvalue weighted by Gasteiger charge is 2.19. The van der Waals surface area contributed by atoms with Gasteiger partial charge in [-0.25, -0.2) is 14.5 Å². The van der Waals surface area contributed by atoms with Crippen LogP contribution in [0.3, 0.4) is 0 Å². The third kappa shape index (κ3) is 4.18. The zero-order valence-corrected chi connectivity index (χ0v) is 17.9. The van der Waals surface area contributed by atoms with Crippen molar-refractivity contribution >= 4 is 22.6 Å². The quantitative estimate of drug-likeness (QED) is 0.446. The van der Waals surface area contributed by atoms with Crippen molar-refractivity contribution in [3.63, 3.8) is 0 Å². The first-order chi connectivity index (χ1) is 15.5. The number of hydrogen-bond acceptors (Lipinski definition) is 7. The minimum Gasteiger partial charge on any atom is -0.493 e. The van der Waals surface area contributed by atoms with Crippen molar-refractivity contribution in [2.24, 2.45) is 0 Å². The Bertz CT molecular complexity index is 1310. The Labute approximate surface area is 183 Å². The molecular weight excluding hydrogens is 412 g/mol. The lowest BCUT2D eigenvalue weighted by Crippen LogP contribution is -2.20. The number of aryl methyl sites for hydroxylation is 1. The van der Waals surface area contributed by atoms with Crippen molar-refractivity contribution in [1.82, 2.24) is 14.8 Å². The molecule has 0 fully saturated rings. The Balaban J connectivity index is 1.53. The van der Waals surface area contributed by atoms with Gasteiger partial charge in [0.05, 0.1) is 32.7 Å². The van der Waals surface area contributed by atoms with Crippen LogP contribution in [0.25, 0.3) is 11.0 Å². The van der Waals surface area contributed by atoms with Gasteiger partial charge in [0.1, 0.15) is 12.7 Å². The fourth-order valence-electron chi connectivity index (χ4n) is 3.53. The number of methoxy groups -OCH3 is 2. The number of anilines is 1. The standard InChI is InChI=1S/C23H22N4O5/c1-14-17-8-9-19(30-2)22(31-3)21(17)32-23(29)18(14)10-20(28)26-16-6-4-15(5-7-16)11-27-13-24-12-25-27/h4-9,12-13H,10-11H2,1-3H3,(H,26,28). The lowest BCUT2D eigenvalue weighted by molar-refractivity contribution is -0.115. The van der Waals surface area contributed by atoms with Crippen molar-refractivity contribution in [1.29, 1.82) is 0 Å². The summed E-state index contributed by atoms with van der Waals surface area (Å²) in [6, 6.07) is 10.9. The Morgan fingerprint density at radius 3 is 2.56 bits per heavy atom. The van der Waals surface area contributed by atoms with E-state index in [1.807, 2.05) is 12.1 Å². The number of carbonyl (C=O) groups excluding carboxylic acids is 1. The molecule has 2 aromatic heterocycles. The summed E-state index contributed by atoms with van der Waals surface area (Å²) >= 11 is 0. The van der Waals surface area contributed by atoms with Crippen molar-refractivity contribution in [2.75, 3.05) is 19.5 Å². The van der Waals surface area contributed by atoms with Gasteiger partial charge in [-0.2, -0.15) is 5.10 Å². The zero-order chi connectivity index (χ0) is 22.7. The summed E-state index contributed by atoms with van der Waals surface area (Å²) in [5.74, 6) is 0.483. The Morgan fingerprint density at radius 1 is 1.12 bits per heavy atom. The van der Waals surface area contributed by atoms with Gasteiger partial charge in [0, 0.05) is 11.1 Å². The number of rotatable bonds is 7. The van der Waals surface area contributed by atoms with E-state index in [0.29, 0.717) is 45.8 Å². The number of hydrogen-bond donors (Lipinski definition) is 1. The molecule has 0 aliphatic heterocycles. The monoisotopic (exact) mass is 434 g/mol. The normalized spacial score (nSPS) is 10.8. The molecule has 2 heterocycles. The van der Waals surface area contributed by atoms with E-state index in [1.165, 1.54) is 20.5 Å². The van der Waals surface area contributed by atoms with Crippen molar-refractivity contribution in [3.05, 3.63) is 76.2 Å². The number of fused-ring (bicyclic) bond motifs is 1. The molecule has 0 radical (unpaired) electrons. The van der Waals surface area contributed by atoms with Gasteiger partial charge in [0.25, 0.3) is 0 Å². The van der Waals surface area contributed by atoms with Gasteiger partial charge < -0.3 is 19.2 Å². The molecule has 0 atom stereocenters. The first-order valence-electron chi connectivity index (χ1n) is 9.88. The van der Waals surface area contributed by atoms with Crippen LogP contribution in [0.5, 0.6) is 11.5 Å². The maximum absolute atomic E-state index is 12.6. The van der Waals surface area contributed by atoms with Crippen LogP contribution in [0, 0.1) is 6.92 Å². The second-order valence-electron chi connectivity index (χ2n) is 7.19. The Hall–Kier alpha value is -4.14. The highest BCUT2D eigenvalue weighted by Crippen LogP contribution is 2.36. The third-order valence-corrected chi connectivity index (χ3v) is 5.18. The molecule has 0 aliphatic rings. The zero-order valence-electron chi connectivity index (χ0n) is 17.9. The van der Waals surface area contributed by atoms with Gasteiger partial charge in [0.2, 0.25) is 11.7 Å². The molecule has 9 heteroatoms. The Kier molecular flexibility index (Phi) is 5.89. The molecule has 9 nitrogen and oxygen atoms in total. The SMILES string of the molecule is COc1ccc2c(C)c(CC(=O)Nc3ccc(Cn4cncn4)cc3)c(=O)oc2c1OC. The predicted molar refractivity (Wildman–Crippen MR) is 118 cm³/mol. The van der Waals surface area contributed by atoms with Crippen molar-refractivity contribution in [3.8, 4) is 11.5 Å². The average molecular weight is 434 g/mol. The van der Waals surface area contributed by atoms with E-state index in [0.717, 1.165) is 5.56 Å². The number of benzene rings is 2. The lowest BCUT2D eigenvalue weighted by Gasteiger charge is -2.13. The maximum atomic E-state index is 12.6. The van der Waals surface area contributed by atoms with Gasteiger partial charge in [-0.15, -0.1) is 0 Å². The van der Waals surface area contributed by atoms with Crippen LogP contribution in [0.2, 0.25) is 0 Å². The number of ether oxygens (including phenoxy) is 2. The molecule has 4 aromatic rings. The number of nitrogens with zero attached hydrogens (tertiary/aromatic N) is 3. The second kappa shape index (κ2) is 8.93. The summed E-state index contributed by atoms with van der Waals surface area (Å²) in [5, 5.41) is 7.57. The molecule has 2 aromatic carbocycles. The fraction of sp³-hybridized carbons (Fsp3) is 0.217. The van der Waals surface area contributed by atoms with E-state index in [-0.39, 0.29) is 12.3 Å². The molecule has 0 saturated heterocycles. The van der Waals surface area contributed by atoms with Gasteiger partial charge >= 0.3 is 5.63 Å². The first-order valence-corrected chi connectivity index (χ1v) is 9.88. The van der Waals surface area contributed by atoms with Crippen LogP contribution in [0.4, 0.5) is 5.69 Å². The summed E-state index contributed by atoms with van der Waals surface area (Å²) in [6.07, 6.45) is 3.00. The lowest BCUT2D eigenvalue weighted by atomic mass is 10.0. The van der Waals surface area contributed by atoms with Gasteiger partial charge in [-0.05, 0) is 42.3 Å². The van der Waals surface area contributed by atoms with Crippen LogP contribution >= 0.6 is 0 Å². The molecular formula is C23H22N4O5. The number of nitrogens with one attached hydrogen (secondary N) is 1. The van der Waals surface area contributed by atoms with Crippen molar-refractivity contribution in [2.45, 2.75) is 19.9 Å². The van der Waals surface area contributed by atoms with Crippen molar-refractivity contribution < 1.29 is 18.7 Å². The number of amides is 1. The van der Waals surface area contributed by atoms with E-state index < -0.39 is 5.63 Å². The number of aromatic nitrogens is 3. The summed E-state index contributed by atoms with van der Waals surface area (Å²) in [7, 11) is 2.99. The average Bonchev–Trinajstić information content (AvgIpc) is 3.30. The number of carbonyl (C=O) groups is 1. The summed E-state index contributed by atoms with van der Waals surface area (Å²) < 4.78 is 17.8. The van der Waals surface area contributed by atoms with Crippen LogP contribution in [0.15, 0.2) is 58.3 Å². The fourth-order valence-corrected chi connectivity index (χ4v) is 3.53. The largest absolute Gasteiger partial charge is 0.493 e. The van der Waals surface area contributed by atoms with Gasteiger partial charge in [-0.3, -0.25) is 4.79 Å². The summed E-state index contributed by atoms with van der Waals surface area (Å²) in [6.45, 7) is 2.37. The smallest absolute Gasteiger partial charge is 0.340 e. The highest BCUT2D eigenvalue weighted by atomic mass is 16.5. The van der Waals surface area contributed by atoms with E-state index >= 15 is 0 Å². The molecule has 0 aliphatic carbocycles. The van der Waals surface area contributed by atoms with E-state index in [4.69, 9.17) is 13.9 Å². The molecule has 32 heavy (non-hydrogen) atoms.